The van der Waals surface area contributed by atoms with Crippen molar-refractivity contribution >= 4 is 22.8 Å². The molecule has 132 valence electrons. The van der Waals surface area contributed by atoms with E-state index in [1.165, 1.54) is 6.92 Å². The molecule has 2 heterocycles. The molecule has 0 spiro atoms. The van der Waals surface area contributed by atoms with Gasteiger partial charge in [-0.3, -0.25) is 10.0 Å². The minimum atomic E-state index is -0.337. The Bertz CT molecular complexity index is 751. The molecule has 2 aromatic rings. The molecule has 0 aromatic carbocycles. The molecule has 3 N–H and O–H groups in total. The maximum Gasteiger partial charge on any atom is 0.242 e. The van der Waals surface area contributed by atoms with Crippen molar-refractivity contribution in [3.05, 3.63) is 17.1 Å². The zero-order valence-corrected chi connectivity index (χ0v) is 15.1. The Labute approximate surface area is 142 Å². The van der Waals surface area contributed by atoms with Crippen LogP contribution in [0.1, 0.15) is 56.6 Å². The van der Waals surface area contributed by atoms with Crippen LogP contribution >= 0.6 is 0 Å². The van der Waals surface area contributed by atoms with E-state index in [1.54, 1.807) is 0 Å². The van der Waals surface area contributed by atoms with Crippen molar-refractivity contribution in [2.45, 2.75) is 59.9 Å². The van der Waals surface area contributed by atoms with Crippen LogP contribution < -0.4 is 5.73 Å². The molecule has 0 aliphatic rings. The lowest BCUT2D eigenvalue weighted by molar-refractivity contribution is -0.162. The SMILES string of the molecule is CC(=O)N(O)CCCCn1c(C(C)C)nc2c(N)nc(C)c(C)c21. The highest BCUT2D eigenvalue weighted by molar-refractivity contribution is 5.88. The lowest BCUT2D eigenvalue weighted by Crippen LogP contribution is -2.25. The van der Waals surface area contributed by atoms with Gasteiger partial charge in [0.25, 0.3) is 0 Å². The summed E-state index contributed by atoms with van der Waals surface area (Å²) in [6, 6.07) is 0. The van der Waals surface area contributed by atoms with Crippen LogP contribution in [0.3, 0.4) is 0 Å². The van der Waals surface area contributed by atoms with E-state index in [1.807, 2.05) is 13.8 Å². The number of hydrogen-bond donors (Lipinski definition) is 2. The Morgan fingerprint density at radius 1 is 1.29 bits per heavy atom. The molecule has 24 heavy (non-hydrogen) atoms. The van der Waals surface area contributed by atoms with Gasteiger partial charge < -0.3 is 10.3 Å². The van der Waals surface area contributed by atoms with Crippen LogP contribution in [0.2, 0.25) is 0 Å². The molecule has 2 aromatic heterocycles. The van der Waals surface area contributed by atoms with E-state index in [4.69, 9.17) is 10.7 Å². The number of carbonyl (C=O) groups excluding carboxylic acids is 1. The lowest BCUT2D eigenvalue weighted by atomic mass is 10.1. The van der Waals surface area contributed by atoms with E-state index in [-0.39, 0.29) is 11.8 Å². The van der Waals surface area contributed by atoms with Crippen molar-refractivity contribution in [2.24, 2.45) is 0 Å². The number of nitrogens with two attached hydrogens (primary N) is 1. The summed E-state index contributed by atoms with van der Waals surface area (Å²) in [5.74, 6) is 1.38. The molecule has 0 unspecified atom stereocenters. The molecule has 0 saturated carbocycles. The zero-order valence-electron chi connectivity index (χ0n) is 15.1. The van der Waals surface area contributed by atoms with E-state index >= 15 is 0 Å². The summed E-state index contributed by atoms with van der Waals surface area (Å²) in [7, 11) is 0. The number of fused-ring (bicyclic) bond motifs is 1. The van der Waals surface area contributed by atoms with Crippen LogP contribution in [0.15, 0.2) is 0 Å². The lowest BCUT2D eigenvalue weighted by Gasteiger charge is -2.15. The van der Waals surface area contributed by atoms with Crippen LogP contribution in [0.4, 0.5) is 5.82 Å². The Balaban J connectivity index is 2.30. The maximum absolute atomic E-state index is 11.0. The maximum atomic E-state index is 11.0. The fourth-order valence-electron chi connectivity index (χ4n) is 2.87. The molecular formula is C17H27N5O2. The van der Waals surface area contributed by atoms with Crippen LogP contribution in [0, 0.1) is 13.8 Å². The van der Waals surface area contributed by atoms with Gasteiger partial charge in [-0.25, -0.2) is 15.0 Å². The normalized spacial score (nSPS) is 11.5. The van der Waals surface area contributed by atoms with Crippen molar-refractivity contribution in [1.82, 2.24) is 19.6 Å². The number of nitrogens with zero attached hydrogens (tertiary/aromatic N) is 4. The first kappa shape index (κ1) is 18.2. The standard InChI is InChI=1S/C17H27N5O2/c1-10(2)17-20-14-15(11(3)12(4)19-16(14)18)21(17)8-6-7-9-22(24)13(5)23/h10,24H,6-9H2,1-5H3,(H2,18,19). The first-order valence-electron chi connectivity index (χ1n) is 8.33. The molecule has 0 aliphatic heterocycles. The fourth-order valence-corrected chi connectivity index (χ4v) is 2.87. The van der Waals surface area contributed by atoms with Crippen LogP contribution in [-0.2, 0) is 11.3 Å². The molecular weight excluding hydrogens is 306 g/mol. The number of hydrogen-bond acceptors (Lipinski definition) is 5. The Kier molecular flexibility index (Phi) is 5.43. The number of nitrogen functional groups attached to an aromatic ring is 1. The first-order valence-corrected chi connectivity index (χ1v) is 8.33. The van der Waals surface area contributed by atoms with Gasteiger partial charge in [0.1, 0.15) is 11.3 Å². The highest BCUT2D eigenvalue weighted by atomic mass is 16.5. The van der Waals surface area contributed by atoms with Gasteiger partial charge in [-0.05, 0) is 32.3 Å². The van der Waals surface area contributed by atoms with Gasteiger partial charge in [0, 0.05) is 31.6 Å². The van der Waals surface area contributed by atoms with Crippen molar-refractivity contribution < 1.29 is 10.0 Å². The summed E-state index contributed by atoms with van der Waals surface area (Å²) < 4.78 is 2.20. The van der Waals surface area contributed by atoms with Gasteiger partial charge in [0.05, 0.1) is 5.52 Å². The van der Waals surface area contributed by atoms with Crippen LogP contribution in [-0.4, -0.2) is 37.3 Å². The van der Waals surface area contributed by atoms with Crippen LogP contribution in [0.25, 0.3) is 11.0 Å². The number of rotatable bonds is 6. The van der Waals surface area contributed by atoms with E-state index in [0.717, 1.165) is 46.1 Å². The summed E-state index contributed by atoms with van der Waals surface area (Å²) in [6.45, 7) is 10.7. The second kappa shape index (κ2) is 7.17. The number of unbranched alkanes of at least 4 members (excludes halogenated alkanes) is 1. The molecule has 0 fully saturated rings. The molecule has 1 amide bonds. The third-order valence-electron chi connectivity index (χ3n) is 4.31. The second-order valence-electron chi connectivity index (χ2n) is 6.53. The highest BCUT2D eigenvalue weighted by Gasteiger charge is 2.19. The Morgan fingerprint density at radius 2 is 1.96 bits per heavy atom. The third-order valence-corrected chi connectivity index (χ3v) is 4.31. The topological polar surface area (TPSA) is 97.3 Å². The predicted molar refractivity (Wildman–Crippen MR) is 93.9 cm³/mol. The van der Waals surface area contributed by atoms with E-state index < -0.39 is 0 Å². The van der Waals surface area contributed by atoms with E-state index in [9.17, 15) is 10.0 Å². The van der Waals surface area contributed by atoms with Crippen molar-refractivity contribution in [1.29, 1.82) is 0 Å². The first-order chi connectivity index (χ1) is 11.2. The molecule has 7 nitrogen and oxygen atoms in total. The van der Waals surface area contributed by atoms with Crippen molar-refractivity contribution in [2.75, 3.05) is 12.3 Å². The summed E-state index contributed by atoms with van der Waals surface area (Å²) in [5, 5.41) is 10.2. The van der Waals surface area contributed by atoms with Crippen molar-refractivity contribution in [3.63, 3.8) is 0 Å². The minimum Gasteiger partial charge on any atom is -0.382 e. The number of imidazole rings is 1. The molecule has 0 radical (unpaired) electrons. The molecule has 2 rings (SSSR count). The molecule has 0 atom stereocenters. The van der Waals surface area contributed by atoms with Gasteiger partial charge in [-0.1, -0.05) is 13.8 Å². The van der Waals surface area contributed by atoms with Gasteiger partial charge in [-0.15, -0.1) is 0 Å². The van der Waals surface area contributed by atoms with E-state index in [0.29, 0.717) is 18.8 Å². The van der Waals surface area contributed by atoms with Crippen LogP contribution in [0.5, 0.6) is 0 Å². The van der Waals surface area contributed by atoms with Gasteiger partial charge in [0.2, 0.25) is 5.91 Å². The number of aromatic nitrogens is 3. The summed E-state index contributed by atoms with van der Waals surface area (Å²) in [6.07, 6.45) is 1.54. The molecule has 7 heteroatoms. The Morgan fingerprint density at radius 3 is 2.54 bits per heavy atom. The zero-order chi connectivity index (χ0) is 18.0. The number of aryl methyl sites for hydroxylation is 3. The molecule has 0 aliphatic carbocycles. The number of pyridine rings is 1. The Hall–Kier alpha value is -2.15. The third kappa shape index (κ3) is 3.51. The minimum absolute atomic E-state index is 0.267. The largest absolute Gasteiger partial charge is 0.382 e. The van der Waals surface area contributed by atoms with E-state index in [2.05, 4.69) is 23.4 Å². The summed E-state index contributed by atoms with van der Waals surface area (Å²) in [5.41, 5.74) is 9.87. The summed E-state index contributed by atoms with van der Waals surface area (Å²) in [4.78, 5) is 20.1. The van der Waals surface area contributed by atoms with Gasteiger partial charge >= 0.3 is 0 Å². The summed E-state index contributed by atoms with van der Waals surface area (Å²) >= 11 is 0. The van der Waals surface area contributed by atoms with Gasteiger partial charge in [0.15, 0.2) is 5.82 Å². The van der Waals surface area contributed by atoms with Crippen molar-refractivity contribution in [3.8, 4) is 0 Å². The predicted octanol–water partition coefficient (Wildman–Crippen LogP) is 2.77. The fraction of sp³-hybridized carbons (Fsp3) is 0.588. The number of hydroxylamine groups is 2. The second-order valence-corrected chi connectivity index (χ2v) is 6.53. The molecule has 0 saturated heterocycles. The smallest absolute Gasteiger partial charge is 0.242 e. The average molecular weight is 333 g/mol. The highest BCUT2D eigenvalue weighted by Crippen LogP contribution is 2.29. The monoisotopic (exact) mass is 333 g/mol. The number of amides is 1. The number of anilines is 1. The number of carbonyl (C=O) groups is 1. The average Bonchev–Trinajstić information content (AvgIpc) is 2.89. The van der Waals surface area contributed by atoms with Gasteiger partial charge in [-0.2, -0.15) is 0 Å². The molecule has 0 bridgehead atoms. The quantitative estimate of drug-likeness (QED) is 0.481.